The molecule has 1 heterocycles. The van der Waals surface area contributed by atoms with E-state index < -0.39 is 0 Å². The quantitative estimate of drug-likeness (QED) is 0.675. The topological polar surface area (TPSA) is 42.7 Å². The van der Waals surface area contributed by atoms with Crippen molar-refractivity contribution < 1.29 is 0 Å². The van der Waals surface area contributed by atoms with Crippen LogP contribution in [0.25, 0.3) is 0 Å². The Balaban J connectivity index is 2.75. The molecule has 1 aromatic heterocycles. The van der Waals surface area contributed by atoms with Crippen LogP contribution in [0.1, 0.15) is 65.6 Å². The molecule has 1 aromatic rings. The number of aromatic nitrogens is 3. The maximum atomic E-state index is 4.45. The van der Waals surface area contributed by atoms with Crippen LogP contribution < -0.4 is 5.32 Å². The van der Waals surface area contributed by atoms with Crippen LogP contribution in [0.3, 0.4) is 0 Å². The van der Waals surface area contributed by atoms with E-state index in [0.717, 1.165) is 31.3 Å². The van der Waals surface area contributed by atoms with Gasteiger partial charge in [-0.15, -0.1) is 0 Å². The normalized spacial score (nSPS) is 13.1. The van der Waals surface area contributed by atoms with E-state index in [9.17, 15) is 0 Å². The number of nitrogens with one attached hydrogen (secondary N) is 1. The van der Waals surface area contributed by atoms with Gasteiger partial charge in [0.1, 0.15) is 12.2 Å². The molecule has 20 heavy (non-hydrogen) atoms. The molecule has 0 saturated carbocycles. The van der Waals surface area contributed by atoms with Crippen molar-refractivity contribution in [2.45, 2.75) is 78.8 Å². The molecule has 116 valence electrons. The van der Waals surface area contributed by atoms with Gasteiger partial charge in [-0.05, 0) is 38.6 Å². The van der Waals surface area contributed by atoms with Crippen molar-refractivity contribution in [1.29, 1.82) is 0 Å². The molecular formula is C16H32N4. The second-order valence-corrected chi connectivity index (χ2v) is 5.59. The fourth-order valence-electron chi connectivity index (χ4n) is 2.93. The van der Waals surface area contributed by atoms with Gasteiger partial charge in [-0.3, -0.25) is 4.68 Å². The lowest BCUT2D eigenvalue weighted by atomic mass is 9.88. The van der Waals surface area contributed by atoms with E-state index in [4.69, 9.17) is 0 Å². The van der Waals surface area contributed by atoms with Gasteiger partial charge in [0.05, 0.1) is 0 Å². The molecule has 0 aliphatic carbocycles. The maximum absolute atomic E-state index is 4.45. The predicted octanol–water partition coefficient (Wildman–Crippen LogP) is 3.43. The first kappa shape index (κ1) is 17.2. The third-order valence-electron chi connectivity index (χ3n) is 3.94. The van der Waals surface area contributed by atoms with Crippen LogP contribution in [-0.4, -0.2) is 27.4 Å². The monoisotopic (exact) mass is 280 g/mol. The summed E-state index contributed by atoms with van der Waals surface area (Å²) in [5.74, 6) is 1.87. The van der Waals surface area contributed by atoms with Gasteiger partial charge in [0.25, 0.3) is 0 Å². The Morgan fingerprint density at radius 1 is 1.10 bits per heavy atom. The second-order valence-electron chi connectivity index (χ2n) is 5.59. The molecule has 0 aliphatic rings. The maximum Gasteiger partial charge on any atom is 0.138 e. The highest BCUT2D eigenvalue weighted by atomic mass is 15.3. The summed E-state index contributed by atoms with van der Waals surface area (Å²) in [5, 5.41) is 8.04. The number of rotatable bonds is 11. The van der Waals surface area contributed by atoms with E-state index in [-0.39, 0.29) is 0 Å². The SMILES string of the molecule is CCCNC(Cc1ncnn1CC)C(CCC)CCC. The van der Waals surface area contributed by atoms with Crippen LogP contribution in [0.5, 0.6) is 0 Å². The highest BCUT2D eigenvalue weighted by molar-refractivity contribution is 4.92. The number of nitrogens with zero attached hydrogens (tertiary/aromatic N) is 3. The molecule has 1 unspecified atom stereocenters. The standard InChI is InChI=1S/C16H32N4/c1-5-9-14(10-6-2)15(17-11-7-3)12-16-18-13-19-20(16)8-4/h13-15,17H,5-12H2,1-4H3. The molecule has 1 N–H and O–H groups in total. The predicted molar refractivity (Wildman–Crippen MR) is 84.8 cm³/mol. The molecule has 0 amide bonds. The van der Waals surface area contributed by atoms with Gasteiger partial charge < -0.3 is 5.32 Å². The first-order valence-corrected chi connectivity index (χ1v) is 8.36. The summed E-state index contributed by atoms with van der Waals surface area (Å²) in [6, 6.07) is 0.532. The molecule has 4 heteroatoms. The van der Waals surface area contributed by atoms with Crippen molar-refractivity contribution in [3.05, 3.63) is 12.2 Å². The van der Waals surface area contributed by atoms with E-state index >= 15 is 0 Å². The van der Waals surface area contributed by atoms with Gasteiger partial charge in [-0.1, -0.05) is 33.6 Å². The number of aryl methyl sites for hydroxylation is 1. The Bertz CT molecular complexity index is 342. The fourth-order valence-corrected chi connectivity index (χ4v) is 2.93. The van der Waals surface area contributed by atoms with Gasteiger partial charge in [-0.25, -0.2) is 4.98 Å². The van der Waals surface area contributed by atoms with Crippen molar-refractivity contribution in [2.75, 3.05) is 6.54 Å². The minimum absolute atomic E-state index is 0.532. The van der Waals surface area contributed by atoms with Gasteiger partial charge in [0.15, 0.2) is 0 Å². The molecule has 0 saturated heterocycles. The average molecular weight is 280 g/mol. The van der Waals surface area contributed by atoms with Crippen molar-refractivity contribution in [3.8, 4) is 0 Å². The van der Waals surface area contributed by atoms with Crippen molar-refractivity contribution >= 4 is 0 Å². The first-order chi connectivity index (χ1) is 9.76. The molecule has 1 atom stereocenters. The van der Waals surface area contributed by atoms with Crippen LogP contribution in [0.15, 0.2) is 6.33 Å². The van der Waals surface area contributed by atoms with Gasteiger partial charge >= 0.3 is 0 Å². The smallest absolute Gasteiger partial charge is 0.138 e. The molecular weight excluding hydrogens is 248 g/mol. The van der Waals surface area contributed by atoms with Crippen molar-refractivity contribution in [1.82, 2.24) is 20.1 Å². The van der Waals surface area contributed by atoms with Crippen molar-refractivity contribution in [3.63, 3.8) is 0 Å². The Kier molecular flexibility index (Phi) is 8.51. The molecule has 1 rings (SSSR count). The van der Waals surface area contributed by atoms with E-state index in [2.05, 4.69) is 43.1 Å². The lowest BCUT2D eigenvalue weighted by Crippen LogP contribution is -2.39. The molecule has 0 spiro atoms. The number of hydrogen-bond donors (Lipinski definition) is 1. The summed E-state index contributed by atoms with van der Waals surface area (Å²) in [6.45, 7) is 10.9. The highest BCUT2D eigenvalue weighted by Crippen LogP contribution is 2.20. The average Bonchev–Trinajstić information content (AvgIpc) is 2.90. The third-order valence-corrected chi connectivity index (χ3v) is 3.94. The zero-order chi connectivity index (χ0) is 14.8. The number of hydrogen-bond acceptors (Lipinski definition) is 3. The van der Waals surface area contributed by atoms with Crippen LogP contribution >= 0.6 is 0 Å². The minimum atomic E-state index is 0.532. The molecule has 4 nitrogen and oxygen atoms in total. The van der Waals surface area contributed by atoms with Gasteiger partial charge in [-0.2, -0.15) is 5.10 Å². The van der Waals surface area contributed by atoms with Gasteiger partial charge in [0.2, 0.25) is 0 Å². The molecule has 0 bridgehead atoms. The molecule has 0 radical (unpaired) electrons. The van der Waals surface area contributed by atoms with Crippen molar-refractivity contribution in [2.24, 2.45) is 5.92 Å². The minimum Gasteiger partial charge on any atom is -0.313 e. The summed E-state index contributed by atoms with van der Waals surface area (Å²) < 4.78 is 2.02. The lowest BCUT2D eigenvalue weighted by Gasteiger charge is -2.27. The third kappa shape index (κ3) is 5.23. The van der Waals surface area contributed by atoms with E-state index in [1.165, 1.54) is 32.1 Å². The molecule has 0 fully saturated rings. The first-order valence-electron chi connectivity index (χ1n) is 8.36. The largest absolute Gasteiger partial charge is 0.313 e. The summed E-state index contributed by atoms with van der Waals surface area (Å²) in [7, 11) is 0. The Morgan fingerprint density at radius 2 is 1.80 bits per heavy atom. The van der Waals surface area contributed by atoms with Crippen LogP contribution in [0.4, 0.5) is 0 Å². The van der Waals surface area contributed by atoms with E-state index in [0.29, 0.717) is 6.04 Å². The van der Waals surface area contributed by atoms with Crippen LogP contribution in [0.2, 0.25) is 0 Å². The van der Waals surface area contributed by atoms with E-state index in [1.54, 1.807) is 6.33 Å². The fraction of sp³-hybridized carbons (Fsp3) is 0.875. The van der Waals surface area contributed by atoms with Gasteiger partial charge in [0, 0.05) is 19.0 Å². The van der Waals surface area contributed by atoms with E-state index in [1.807, 2.05) is 4.68 Å². The van der Waals surface area contributed by atoms with Crippen LogP contribution in [-0.2, 0) is 13.0 Å². The Labute approximate surface area is 124 Å². The Morgan fingerprint density at radius 3 is 2.35 bits per heavy atom. The highest BCUT2D eigenvalue weighted by Gasteiger charge is 2.21. The lowest BCUT2D eigenvalue weighted by molar-refractivity contribution is 0.302. The summed E-state index contributed by atoms with van der Waals surface area (Å²) in [5.41, 5.74) is 0. The zero-order valence-electron chi connectivity index (χ0n) is 13.7. The zero-order valence-corrected chi connectivity index (χ0v) is 13.7. The summed E-state index contributed by atoms with van der Waals surface area (Å²) in [6.07, 6.45) is 8.99. The second kappa shape index (κ2) is 9.92. The Hall–Kier alpha value is -0.900. The molecule has 0 aromatic carbocycles. The summed E-state index contributed by atoms with van der Waals surface area (Å²) >= 11 is 0. The molecule has 0 aliphatic heterocycles. The van der Waals surface area contributed by atoms with Crippen LogP contribution in [0, 0.1) is 5.92 Å². The summed E-state index contributed by atoms with van der Waals surface area (Å²) in [4.78, 5) is 4.45.